The minimum atomic E-state index is -1.02. The molecule has 0 amide bonds. The van der Waals surface area contributed by atoms with Crippen molar-refractivity contribution in [3.8, 4) is 28.8 Å². The second-order valence-electron chi connectivity index (χ2n) is 6.37. The van der Waals surface area contributed by atoms with Crippen molar-refractivity contribution in [3.05, 3.63) is 41.7 Å². The molecule has 0 radical (unpaired) electrons. The number of methoxy groups -OCH3 is 2. The maximum atomic E-state index is 11.7. The Labute approximate surface area is 154 Å². The molecule has 27 heavy (non-hydrogen) atoms. The van der Waals surface area contributed by atoms with Gasteiger partial charge in [-0.05, 0) is 36.6 Å². The van der Waals surface area contributed by atoms with Crippen LogP contribution in [-0.4, -0.2) is 39.9 Å². The minimum absolute atomic E-state index is 0.279. The van der Waals surface area contributed by atoms with Gasteiger partial charge in [-0.25, -0.2) is 4.98 Å². The summed E-state index contributed by atoms with van der Waals surface area (Å²) in [4.78, 5) is 16.2. The van der Waals surface area contributed by atoms with Crippen molar-refractivity contribution in [1.29, 1.82) is 5.26 Å². The summed E-state index contributed by atoms with van der Waals surface area (Å²) in [7, 11) is 3.02. The number of nitriles is 1. The molecule has 3 aromatic rings. The maximum absolute atomic E-state index is 11.7. The zero-order chi connectivity index (χ0) is 19.2. The molecular formula is C19H16N4O4. The van der Waals surface area contributed by atoms with E-state index in [1.807, 2.05) is 6.07 Å². The summed E-state index contributed by atoms with van der Waals surface area (Å²) < 4.78 is 12.2. The highest BCUT2D eigenvalue weighted by Crippen LogP contribution is 2.47. The Kier molecular flexibility index (Phi) is 3.73. The van der Waals surface area contributed by atoms with Crippen LogP contribution >= 0.6 is 0 Å². The predicted octanol–water partition coefficient (Wildman–Crippen LogP) is 2.40. The van der Waals surface area contributed by atoms with Gasteiger partial charge in [-0.15, -0.1) is 5.10 Å². The minimum Gasteiger partial charge on any atom is -0.495 e. The van der Waals surface area contributed by atoms with Crippen molar-refractivity contribution in [2.75, 3.05) is 14.2 Å². The number of carboxylic acid groups (broad SMARTS) is 1. The quantitative estimate of drug-likeness (QED) is 0.740. The van der Waals surface area contributed by atoms with Gasteiger partial charge in [-0.3, -0.25) is 4.79 Å². The molecule has 8 nitrogen and oxygen atoms in total. The van der Waals surface area contributed by atoms with Crippen LogP contribution in [0.1, 0.15) is 24.2 Å². The van der Waals surface area contributed by atoms with E-state index in [4.69, 9.17) is 9.47 Å². The topological polar surface area (TPSA) is 110 Å². The lowest BCUT2D eigenvalue weighted by Crippen LogP contribution is -2.21. The van der Waals surface area contributed by atoms with E-state index in [0.29, 0.717) is 35.7 Å². The highest BCUT2D eigenvalue weighted by molar-refractivity contribution is 5.85. The Morgan fingerprint density at radius 3 is 2.63 bits per heavy atom. The highest BCUT2D eigenvalue weighted by Gasteiger charge is 2.55. The molecule has 136 valence electrons. The number of aromatic nitrogens is 3. The number of benzene rings is 1. The van der Waals surface area contributed by atoms with Crippen molar-refractivity contribution < 1.29 is 19.4 Å². The van der Waals surface area contributed by atoms with Gasteiger partial charge in [0, 0.05) is 11.6 Å². The van der Waals surface area contributed by atoms with E-state index in [2.05, 4.69) is 16.2 Å². The van der Waals surface area contributed by atoms with Crippen LogP contribution in [-0.2, 0) is 10.2 Å². The molecule has 8 heteroatoms. The monoisotopic (exact) mass is 364 g/mol. The van der Waals surface area contributed by atoms with Crippen LogP contribution in [0, 0.1) is 11.3 Å². The molecule has 4 rings (SSSR count). The largest absolute Gasteiger partial charge is 0.495 e. The molecule has 0 aliphatic heterocycles. The number of carboxylic acids is 1. The van der Waals surface area contributed by atoms with Gasteiger partial charge in [0.05, 0.1) is 19.8 Å². The number of nitrogens with zero attached hydrogens (tertiary/aromatic N) is 4. The molecule has 0 bridgehead atoms. The lowest BCUT2D eigenvalue weighted by molar-refractivity contribution is -0.140. The predicted molar refractivity (Wildman–Crippen MR) is 94.8 cm³/mol. The Bertz CT molecular complexity index is 1110. The summed E-state index contributed by atoms with van der Waals surface area (Å²) in [5.74, 6) is 0.266. The first kappa shape index (κ1) is 16.8. The zero-order valence-corrected chi connectivity index (χ0v) is 14.8. The van der Waals surface area contributed by atoms with Crippen LogP contribution in [0.4, 0.5) is 0 Å². The van der Waals surface area contributed by atoms with E-state index in [-0.39, 0.29) is 5.82 Å². The van der Waals surface area contributed by atoms with Gasteiger partial charge < -0.3 is 14.6 Å². The van der Waals surface area contributed by atoms with Crippen LogP contribution in [0.15, 0.2) is 30.3 Å². The number of pyridine rings is 1. The molecule has 0 atom stereocenters. The van der Waals surface area contributed by atoms with Gasteiger partial charge in [-0.1, -0.05) is 6.07 Å². The molecule has 1 saturated carbocycles. The summed E-state index contributed by atoms with van der Waals surface area (Å²) in [6.07, 6.45) is 1.03. The summed E-state index contributed by atoms with van der Waals surface area (Å²) in [5.41, 5.74) is 1.41. The molecule has 1 fully saturated rings. The standard InChI is InChI=1S/C19H16N4O4/c1-26-14-9-11(3-4-12(14)10-20)13-5-6-15(27-2)23-16(13)21-17(22-23)19(7-8-19)18(24)25/h3-6,9H,7-8H2,1-2H3,(H,24,25). The smallest absolute Gasteiger partial charge is 0.317 e. The van der Waals surface area contributed by atoms with Crippen molar-refractivity contribution in [2.24, 2.45) is 0 Å². The molecule has 1 N–H and O–H groups in total. The average Bonchev–Trinajstić information content (AvgIpc) is 3.39. The highest BCUT2D eigenvalue weighted by atomic mass is 16.5. The third kappa shape index (κ3) is 2.47. The van der Waals surface area contributed by atoms with E-state index in [9.17, 15) is 15.2 Å². The van der Waals surface area contributed by atoms with Crippen LogP contribution in [0.5, 0.6) is 11.6 Å². The Morgan fingerprint density at radius 2 is 2.04 bits per heavy atom. The molecular weight excluding hydrogens is 348 g/mol. The number of fused-ring (bicyclic) bond motifs is 1. The zero-order valence-electron chi connectivity index (χ0n) is 14.8. The van der Waals surface area contributed by atoms with E-state index < -0.39 is 11.4 Å². The summed E-state index contributed by atoms with van der Waals surface area (Å²) >= 11 is 0. The Hall–Kier alpha value is -3.60. The van der Waals surface area contributed by atoms with Crippen LogP contribution in [0.25, 0.3) is 16.8 Å². The second kappa shape index (κ2) is 5.99. The molecule has 2 aromatic heterocycles. The van der Waals surface area contributed by atoms with Gasteiger partial charge in [0.25, 0.3) is 0 Å². The summed E-state index contributed by atoms with van der Waals surface area (Å²) in [5, 5.41) is 23.1. The number of ether oxygens (including phenoxy) is 2. The van der Waals surface area contributed by atoms with Crippen LogP contribution < -0.4 is 9.47 Å². The van der Waals surface area contributed by atoms with E-state index >= 15 is 0 Å². The fraction of sp³-hybridized carbons (Fsp3) is 0.263. The fourth-order valence-corrected chi connectivity index (χ4v) is 3.13. The van der Waals surface area contributed by atoms with Crippen LogP contribution in [0.3, 0.4) is 0 Å². The van der Waals surface area contributed by atoms with Gasteiger partial charge in [-0.2, -0.15) is 9.78 Å². The first-order valence-electron chi connectivity index (χ1n) is 8.30. The normalized spacial score (nSPS) is 14.6. The third-order valence-electron chi connectivity index (χ3n) is 4.88. The van der Waals surface area contributed by atoms with Crippen molar-refractivity contribution in [3.63, 3.8) is 0 Å². The van der Waals surface area contributed by atoms with Crippen molar-refractivity contribution >= 4 is 11.6 Å². The summed E-state index contributed by atoms with van der Waals surface area (Å²) in [6, 6.07) is 10.9. The Balaban J connectivity index is 1.93. The number of aliphatic carboxylic acids is 1. The number of hydrogen-bond acceptors (Lipinski definition) is 6. The SMILES string of the molecule is COc1cc(-c2ccc(OC)n3nc(C4(C(=O)O)CC4)nc23)ccc1C#N. The Morgan fingerprint density at radius 1 is 1.26 bits per heavy atom. The molecule has 1 aliphatic rings. The molecule has 2 heterocycles. The van der Waals surface area contributed by atoms with Gasteiger partial charge in [0.2, 0.25) is 5.88 Å². The lowest BCUT2D eigenvalue weighted by Gasteiger charge is -2.09. The number of carbonyl (C=O) groups is 1. The maximum Gasteiger partial charge on any atom is 0.317 e. The second-order valence-corrected chi connectivity index (χ2v) is 6.37. The van der Waals surface area contributed by atoms with Gasteiger partial charge in [0.1, 0.15) is 17.2 Å². The third-order valence-corrected chi connectivity index (χ3v) is 4.88. The number of rotatable bonds is 5. The van der Waals surface area contributed by atoms with Gasteiger partial charge >= 0.3 is 5.97 Å². The lowest BCUT2D eigenvalue weighted by atomic mass is 10.0. The molecule has 1 aromatic carbocycles. The van der Waals surface area contributed by atoms with Crippen LogP contribution in [0.2, 0.25) is 0 Å². The molecule has 0 unspecified atom stereocenters. The van der Waals surface area contributed by atoms with Crippen molar-refractivity contribution in [2.45, 2.75) is 18.3 Å². The van der Waals surface area contributed by atoms with E-state index in [1.54, 1.807) is 24.3 Å². The van der Waals surface area contributed by atoms with Crippen molar-refractivity contribution in [1.82, 2.24) is 14.6 Å². The molecule has 0 spiro atoms. The molecule has 1 aliphatic carbocycles. The van der Waals surface area contributed by atoms with E-state index in [1.165, 1.54) is 18.7 Å². The summed E-state index contributed by atoms with van der Waals surface area (Å²) in [6.45, 7) is 0. The van der Waals surface area contributed by atoms with Gasteiger partial charge in [0.15, 0.2) is 11.5 Å². The fourth-order valence-electron chi connectivity index (χ4n) is 3.13. The molecule has 0 saturated heterocycles. The average molecular weight is 364 g/mol. The first-order chi connectivity index (χ1) is 13.0. The first-order valence-corrected chi connectivity index (χ1v) is 8.30. The number of hydrogen-bond donors (Lipinski definition) is 1. The van der Waals surface area contributed by atoms with E-state index in [0.717, 1.165) is 11.1 Å².